The number of nitrogens with one attached hydrogen (secondary N) is 2. The van der Waals surface area contributed by atoms with E-state index < -0.39 is 10.2 Å². The Morgan fingerprint density at radius 3 is 2.31 bits per heavy atom. The van der Waals surface area contributed by atoms with Crippen molar-refractivity contribution in [2.75, 3.05) is 11.3 Å². The molecule has 1 rings (SSSR count). The van der Waals surface area contributed by atoms with E-state index in [0.717, 1.165) is 3.57 Å². The van der Waals surface area contributed by atoms with Crippen molar-refractivity contribution < 1.29 is 8.42 Å². The molecule has 16 heavy (non-hydrogen) atoms. The van der Waals surface area contributed by atoms with E-state index in [-0.39, 0.29) is 5.92 Å². The summed E-state index contributed by atoms with van der Waals surface area (Å²) in [5.41, 5.74) is 0.566. The van der Waals surface area contributed by atoms with Crippen LogP contribution in [0.3, 0.4) is 0 Å². The van der Waals surface area contributed by atoms with Crippen LogP contribution in [0.25, 0.3) is 0 Å². The first-order valence-corrected chi connectivity index (χ1v) is 7.48. The zero-order chi connectivity index (χ0) is 12.2. The minimum atomic E-state index is -3.44. The molecule has 0 aliphatic heterocycles. The maximum Gasteiger partial charge on any atom is 0.299 e. The highest BCUT2D eigenvalue weighted by atomic mass is 127. The Morgan fingerprint density at radius 2 is 1.81 bits per heavy atom. The smallest absolute Gasteiger partial charge is 0.271 e. The molecule has 0 saturated carbocycles. The first-order valence-electron chi connectivity index (χ1n) is 4.92. The first-order chi connectivity index (χ1) is 7.39. The van der Waals surface area contributed by atoms with Gasteiger partial charge in [-0.1, -0.05) is 13.8 Å². The van der Waals surface area contributed by atoms with Crippen LogP contribution in [-0.2, 0) is 10.2 Å². The second-order valence-electron chi connectivity index (χ2n) is 3.85. The molecule has 0 aliphatic rings. The third kappa shape index (κ3) is 5.13. The van der Waals surface area contributed by atoms with Gasteiger partial charge < -0.3 is 0 Å². The molecule has 0 bridgehead atoms. The Bertz CT molecular complexity index is 429. The number of benzene rings is 1. The average molecular weight is 354 g/mol. The van der Waals surface area contributed by atoms with E-state index in [9.17, 15) is 8.42 Å². The van der Waals surface area contributed by atoms with Gasteiger partial charge in [-0.3, -0.25) is 4.72 Å². The number of hydrogen-bond acceptors (Lipinski definition) is 2. The number of rotatable bonds is 5. The van der Waals surface area contributed by atoms with Crippen LogP contribution >= 0.6 is 22.6 Å². The van der Waals surface area contributed by atoms with Crippen molar-refractivity contribution in [3.8, 4) is 0 Å². The molecular weight excluding hydrogens is 339 g/mol. The lowest BCUT2D eigenvalue weighted by Crippen LogP contribution is -2.32. The Balaban J connectivity index is 2.62. The standard InChI is InChI=1S/C10H15IN2O2S/c1-8(2)7-12-16(14,15)13-10-5-3-9(11)4-6-10/h3-6,8,12-13H,7H2,1-2H3. The van der Waals surface area contributed by atoms with Gasteiger partial charge in [0.2, 0.25) is 0 Å². The predicted octanol–water partition coefficient (Wildman–Crippen LogP) is 2.19. The number of halogens is 1. The summed E-state index contributed by atoms with van der Waals surface area (Å²) in [5.74, 6) is 0.285. The third-order valence-electron chi connectivity index (χ3n) is 1.78. The zero-order valence-corrected chi connectivity index (χ0v) is 12.2. The highest BCUT2D eigenvalue weighted by Gasteiger charge is 2.09. The molecule has 1 aromatic rings. The molecule has 90 valence electrons. The summed E-state index contributed by atoms with van der Waals surface area (Å²) in [7, 11) is -3.44. The molecule has 0 aliphatic carbocycles. The van der Waals surface area contributed by atoms with Gasteiger partial charge in [0.15, 0.2) is 0 Å². The fraction of sp³-hybridized carbons (Fsp3) is 0.400. The van der Waals surface area contributed by atoms with Gasteiger partial charge in [0.05, 0.1) is 0 Å². The number of hydrogen-bond donors (Lipinski definition) is 2. The third-order valence-corrected chi connectivity index (χ3v) is 3.55. The lowest BCUT2D eigenvalue weighted by Gasteiger charge is -2.10. The maximum atomic E-state index is 11.6. The van der Waals surface area contributed by atoms with Crippen LogP contribution in [0.2, 0.25) is 0 Å². The Morgan fingerprint density at radius 1 is 1.25 bits per heavy atom. The summed E-state index contributed by atoms with van der Waals surface area (Å²) >= 11 is 2.17. The van der Waals surface area contributed by atoms with E-state index >= 15 is 0 Å². The van der Waals surface area contributed by atoms with Crippen molar-refractivity contribution >= 4 is 38.5 Å². The molecule has 4 nitrogen and oxygen atoms in total. The van der Waals surface area contributed by atoms with Crippen LogP contribution in [0.4, 0.5) is 5.69 Å². The van der Waals surface area contributed by atoms with Crippen LogP contribution < -0.4 is 9.44 Å². The van der Waals surface area contributed by atoms with Crippen LogP contribution in [-0.4, -0.2) is 15.0 Å². The molecule has 0 atom stereocenters. The molecule has 0 fully saturated rings. The summed E-state index contributed by atoms with van der Waals surface area (Å²) in [4.78, 5) is 0. The van der Waals surface area contributed by atoms with Crippen LogP contribution in [0.5, 0.6) is 0 Å². The van der Waals surface area contributed by atoms with Gasteiger partial charge in [-0.2, -0.15) is 13.1 Å². The topological polar surface area (TPSA) is 58.2 Å². The van der Waals surface area contributed by atoms with Crippen molar-refractivity contribution in [1.29, 1.82) is 0 Å². The van der Waals surface area contributed by atoms with Crippen molar-refractivity contribution in [2.45, 2.75) is 13.8 Å². The molecule has 0 saturated heterocycles. The highest BCUT2D eigenvalue weighted by molar-refractivity contribution is 14.1. The van der Waals surface area contributed by atoms with E-state index in [4.69, 9.17) is 0 Å². The molecule has 6 heteroatoms. The fourth-order valence-corrected chi connectivity index (χ4v) is 2.42. The molecule has 0 aromatic heterocycles. The van der Waals surface area contributed by atoms with Gasteiger partial charge in [0, 0.05) is 15.8 Å². The lowest BCUT2D eigenvalue weighted by atomic mass is 10.2. The van der Waals surface area contributed by atoms with E-state index in [2.05, 4.69) is 32.0 Å². The Hall–Kier alpha value is -0.340. The van der Waals surface area contributed by atoms with Crippen molar-refractivity contribution in [1.82, 2.24) is 4.72 Å². The van der Waals surface area contributed by atoms with Gasteiger partial charge in [0.25, 0.3) is 10.2 Å². The average Bonchev–Trinajstić information content (AvgIpc) is 2.19. The summed E-state index contributed by atoms with van der Waals surface area (Å²) < 4.78 is 29.1. The minimum absolute atomic E-state index is 0.285. The zero-order valence-electron chi connectivity index (χ0n) is 9.20. The van der Waals surface area contributed by atoms with E-state index in [1.165, 1.54) is 0 Å². The quantitative estimate of drug-likeness (QED) is 0.797. The monoisotopic (exact) mass is 354 g/mol. The van der Waals surface area contributed by atoms with Gasteiger partial charge >= 0.3 is 0 Å². The molecule has 0 radical (unpaired) electrons. The van der Waals surface area contributed by atoms with Gasteiger partial charge in [-0.05, 0) is 52.8 Å². The minimum Gasteiger partial charge on any atom is -0.271 e. The van der Waals surface area contributed by atoms with Crippen LogP contribution in [0.1, 0.15) is 13.8 Å². The lowest BCUT2D eigenvalue weighted by molar-refractivity contribution is 0.565. The SMILES string of the molecule is CC(C)CNS(=O)(=O)Nc1ccc(I)cc1. The van der Waals surface area contributed by atoms with Gasteiger partial charge in [-0.25, -0.2) is 0 Å². The summed E-state index contributed by atoms with van der Waals surface area (Å²) in [6.07, 6.45) is 0. The normalized spacial score (nSPS) is 11.8. The van der Waals surface area contributed by atoms with Gasteiger partial charge in [0.1, 0.15) is 0 Å². The summed E-state index contributed by atoms with van der Waals surface area (Å²) in [5, 5.41) is 0. The summed E-state index contributed by atoms with van der Waals surface area (Å²) in [6, 6.07) is 7.16. The highest BCUT2D eigenvalue weighted by Crippen LogP contribution is 2.12. The predicted molar refractivity (Wildman–Crippen MR) is 74.5 cm³/mol. The van der Waals surface area contributed by atoms with Crippen LogP contribution in [0, 0.1) is 9.49 Å². The van der Waals surface area contributed by atoms with Crippen molar-refractivity contribution in [2.24, 2.45) is 5.92 Å². The molecule has 0 heterocycles. The van der Waals surface area contributed by atoms with Crippen molar-refractivity contribution in [3.63, 3.8) is 0 Å². The fourth-order valence-electron chi connectivity index (χ4n) is 0.986. The second-order valence-corrected chi connectivity index (χ2v) is 6.60. The molecule has 1 aromatic carbocycles. The Labute approximate surface area is 110 Å². The first kappa shape index (κ1) is 13.7. The molecule has 0 spiro atoms. The summed E-state index contributed by atoms with van der Waals surface area (Å²) in [6.45, 7) is 4.33. The van der Waals surface area contributed by atoms with E-state index in [1.807, 2.05) is 26.0 Å². The number of anilines is 1. The second kappa shape index (κ2) is 5.83. The molecule has 0 amide bonds. The molecule has 2 N–H and O–H groups in total. The Kier molecular flexibility index (Phi) is 5.00. The maximum absolute atomic E-state index is 11.6. The van der Waals surface area contributed by atoms with Crippen molar-refractivity contribution in [3.05, 3.63) is 27.8 Å². The molecule has 0 unspecified atom stereocenters. The van der Waals surface area contributed by atoms with Gasteiger partial charge in [-0.15, -0.1) is 0 Å². The van der Waals surface area contributed by atoms with Crippen LogP contribution in [0.15, 0.2) is 24.3 Å². The molecular formula is C10H15IN2O2S. The largest absolute Gasteiger partial charge is 0.299 e. The van der Waals surface area contributed by atoms with E-state index in [0.29, 0.717) is 12.2 Å². The van der Waals surface area contributed by atoms with E-state index in [1.54, 1.807) is 12.1 Å².